The molecule has 1 aliphatic rings. The van der Waals surface area contributed by atoms with Gasteiger partial charge in [-0.05, 0) is 19.9 Å². The minimum absolute atomic E-state index is 0. The molecule has 0 aromatic carbocycles. The fraction of sp³-hybridized carbons (Fsp3) is 0.882. The summed E-state index contributed by atoms with van der Waals surface area (Å²) in [6.07, 6.45) is 4.15. The number of guanidine groups is 1. The second-order valence-corrected chi connectivity index (χ2v) is 6.84. The number of ether oxygens (including phenoxy) is 1. The average molecular weight is 469 g/mol. The molecule has 0 unspecified atom stereocenters. The van der Waals surface area contributed by atoms with E-state index in [1.54, 1.807) is 19.1 Å². The number of likely N-dealkylation sites (N-methyl/N-ethyl adjacent to an activating group) is 1. The zero-order chi connectivity index (χ0) is 18.0. The maximum absolute atomic E-state index is 12.6. The van der Waals surface area contributed by atoms with Gasteiger partial charge in [-0.15, -0.1) is 24.0 Å². The number of aliphatic imine (C=N–C) groups is 1. The molecule has 0 aliphatic heterocycles. The molecular formula is C17H36IN5O2. The lowest BCUT2D eigenvalue weighted by atomic mass is 9.84. The molecule has 1 aliphatic carbocycles. The number of halogens is 1. The van der Waals surface area contributed by atoms with Crippen molar-refractivity contribution in [3.63, 3.8) is 0 Å². The Bertz CT molecular complexity index is 412. The van der Waals surface area contributed by atoms with Gasteiger partial charge in [-0.1, -0.05) is 12.8 Å². The van der Waals surface area contributed by atoms with E-state index in [0.29, 0.717) is 6.54 Å². The van der Waals surface area contributed by atoms with Crippen LogP contribution in [0.25, 0.3) is 0 Å². The Labute approximate surface area is 170 Å². The predicted molar refractivity (Wildman–Crippen MR) is 114 cm³/mol. The van der Waals surface area contributed by atoms with Crippen molar-refractivity contribution < 1.29 is 9.53 Å². The van der Waals surface area contributed by atoms with Crippen LogP contribution in [-0.2, 0) is 9.53 Å². The van der Waals surface area contributed by atoms with Gasteiger partial charge in [0, 0.05) is 54.4 Å². The van der Waals surface area contributed by atoms with Crippen LogP contribution in [0.3, 0.4) is 0 Å². The second kappa shape index (κ2) is 12.7. The summed E-state index contributed by atoms with van der Waals surface area (Å²) in [4.78, 5) is 20.8. The van der Waals surface area contributed by atoms with Crippen molar-refractivity contribution in [3.05, 3.63) is 0 Å². The summed E-state index contributed by atoms with van der Waals surface area (Å²) in [6, 6.07) is 0. The lowest BCUT2D eigenvalue weighted by Gasteiger charge is -2.31. The minimum atomic E-state index is -0.281. The van der Waals surface area contributed by atoms with Crippen LogP contribution in [0.4, 0.5) is 0 Å². The Morgan fingerprint density at radius 1 is 1.16 bits per heavy atom. The van der Waals surface area contributed by atoms with Gasteiger partial charge in [-0.3, -0.25) is 9.79 Å². The number of hydrogen-bond donors (Lipinski definition) is 2. The topological polar surface area (TPSA) is 69.2 Å². The Hall–Kier alpha value is -0.610. The van der Waals surface area contributed by atoms with Gasteiger partial charge in [0.25, 0.3) is 0 Å². The maximum atomic E-state index is 12.6. The van der Waals surface area contributed by atoms with Crippen molar-refractivity contribution in [2.24, 2.45) is 10.4 Å². The largest absolute Gasteiger partial charge is 0.383 e. The molecule has 1 rings (SSSR count). The summed E-state index contributed by atoms with van der Waals surface area (Å²) in [7, 11) is 9.22. The highest BCUT2D eigenvalue weighted by molar-refractivity contribution is 14.0. The lowest BCUT2D eigenvalue weighted by Crippen LogP contribution is -2.49. The number of hydrogen-bond acceptors (Lipinski definition) is 4. The van der Waals surface area contributed by atoms with Gasteiger partial charge in [0.05, 0.1) is 12.0 Å². The van der Waals surface area contributed by atoms with Crippen LogP contribution >= 0.6 is 24.0 Å². The summed E-state index contributed by atoms with van der Waals surface area (Å²) in [5.74, 6) is 0.982. The Morgan fingerprint density at radius 3 is 2.32 bits per heavy atom. The lowest BCUT2D eigenvalue weighted by molar-refractivity contribution is -0.138. The van der Waals surface area contributed by atoms with E-state index in [-0.39, 0.29) is 35.3 Å². The number of nitrogens with one attached hydrogen (secondary N) is 2. The summed E-state index contributed by atoms with van der Waals surface area (Å²) < 4.78 is 5.08. The molecule has 8 heteroatoms. The van der Waals surface area contributed by atoms with Crippen LogP contribution in [0.2, 0.25) is 0 Å². The van der Waals surface area contributed by atoms with Crippen LogP contribution in [-0.4, -0.2) is 89.8 Å². The minimum Gasteiger partial charge on any atom is -0.383 e. The molecule has 0 saturated heterocycles. The summed E-state index contributed by atoms with van der Waals surface area (Å²) in [5.41, 5.74) is -0.281. The quantitative estimate of drug-likeness (QED) is 0.300. The monoisotopic (exact) mass is 469 g/mol. The molecule has 0 heterocycles. The van der Waals surface area contributed by atoms with Crippen molar-refractivity contribution >= 4 is 35.8 Å². The molecule has 0 aromatic heterocycles. The molecule has 0 bridgehead atoms. The fourth-order valence-corrected chi connectivity index (χ4v) is 3.19. The highest BCUT2D eigenvalue weighted by atomic mass is 127. The number of carbonyl (C=O) groups excluding carboxylic acids is 1. The Balaban J connectivity index is 0.00000576. The number of methoxy groups -OCH3 is 1. The maximum Gasteiger partial charge on any atom is 0.230 e. The van der Waals surface area contributed by atoms with Crippen LogP contribution in [0.1, 0.15) is 25.7 Å². The van der Waals surface area contributed by atoms with E-state index in [4.69, 9.17) is 4.74 Å². The zero-order valence-corrected chi connectivity index (χ0v) is 18.8. The normalized spacial score (nSPS) is 16.5. The average Bonchev–Trinajstić information content (AvgIpc) is 3.05. The molecule has 1 amide bonds. The molecule has 1 fully saturated rings. The first kappa shape index (κ1) is 24.4. The Morgan fingerprint density at radius 2 is 1.80 bits per heavy atom. The van der Waals surface area contributed by atoms with Crippen LogP contribution in [0, 0.1) is 5.41 Å². The number of rotatable bonds is 9. The van der Waals surface area contributed by atoms with Crippen molar-refractivity contribution in [2.75, 3.05) is 68.1 Å². The summed E-state index contributed by atoms with van der Waals surface area (Å²) in [6.45, 7) is 3.99. The van der Waals surface area contributed by atoms with E-state index in [9.17, 15) is 4.79 Å². The molecule has 148 valence electrons. The van der Waals surface area contributed by atoms with E-state index in [2.05, 4.69) is 27.6 Å². The van der Waals surface area contributed by atoms with E-state index >= 15 is 0 Å². The van der Waals surface area contributed by atoms with Gasteiger partial charge in [-0.25, -0.2) is 0 Å². The smallest absolute Gasteiger partial charge is 0.230 e. The molecular weight excluding hydrogens is 433 g/mol. The third-order valence-corrected chi connectivity index (χ3v) is 4.70. The third-order valence-electron chi connectivity index (χ3n) is 4.70. The standard InChI is InChI=1S/C17H35N5O2.HI/c1-18-16(19-10-11-22(4)12-13-24-5)20-14-17(8-6-7-9-17)15(23)21(2)3;/h6-14H2,1-5H3,(H2,18,19,20);1H. The van der Waals surface area contributed by atoms with Gasteiger partial charge < -0.3 is 25.2 Å². The van der Waals surface area contributed by atoms with E-state index < -0.39 is 0 Å². The van der Waals surface area contributed by atoms with Gasteiger partial charge in [0.1, 0.15) is 0 Å². The molecule has 0 aromatic rings. The van der Waals surface area contributed by atoms with Crippen molar-refractivity contribution in [2.45, 2.75) is 25.7 Å². The first-order chi connectivity index (χ1) is 11.4. The molecule has 7 nitrogen and oxygen atoms in total. The zero-order valence-electron chi connectivity index (χ0n) is 16.4. The first-order valence-corrected chi connectivity index (χ1v) is 8.79. The molecule has 0 radical (unpaired) electrons. The highest BCUT2D eigenvalue weighted by Gasteiger charge is 2.42. The van der Waals surface area contributed by atoms with Crippen LogP contribution in [0.5, 0.6) is 0 Å². The van der Waals surface area contributed by atoms with Gasteiger partial charge in [0.15, 0.2) is 5.96 Å². The van der Waals surface area contributed by atoms with Gasteiger partial charge in [0.2, 0.25) is 5.91 Å². The highest BCUT2D eigenvalue weighted by Crippen LogP contribution is 2.38. The molecule has 1 saturated carbocycles. The molecule has 2 N–H and O–H groups in total. The number of nitrogens with zero attached hydrogens (tertiary/aromatic N) is 3. The fourth-order valence-electron chi connectivity index (χ4n) is 3.19. The summed E-state index contributed by atoms with van der Waals surface area (Å²) >= 11 is 0. The third kappa shape index (κ3) is 8.08. The van der Waals surface area contributed by atoms with Crippen molar-refractivity contribution in [1.29, 1.82) is 0 Å². The van der Waals surface area contributed by atoms with Gasteiger partial charge >= 0.3 is 0 Å². The number of amides is 1. The number of carbonyl (C=O) groups is 1. The van der Waals surface area contributed by atoms with E-state index in [1.807, 2.05) is 14.1 Å². The van der Waals surface area contributed by atoms with E-state index in [1.165, 1.54) is 0 Å². The first-order valence-electron chi connectivity index (χ1n) is 8.79. The molecule has 0 spiro atoms. The summed E-state index contributed by atoms with van der Waals surface area (Å²) in [5, 5.41) is 6.67. The molecule has 0 atom stereocenters. The molecule has 25 heavy (non-hydrogen) atoms. The van der Waals surface area contributed by atoms with Crippen LogP contribution in [0.15, 0.2) is 4.99 Å². The van der Waals surface area contributed by atoms with Gasteiger partial charge in [-0.2, -0.15) is 0 Å². The van der Waals surface area contributed by atoms with E-state index in [0.717, 1.165) is 57.9 Å². The van der Waals surface area contributed by atoms with Crippen molar-refractivity contribution in [1.82, 2.24) is 20.4 Å². The van der Waals surface area contributed by atoms with Crippen molar-refractivity contribution in [3.8, 4) is 0 Å². The Kier molecular flexibility index (Phi) is 12.4. The predicted octanol–water partition coefficient (Wildman–Crippen LogP) is 0.996. The van der Waals surface area contributed by atoms with Crippen LogP contribution < -0.4 is 10.6 Å². The second-order valence-electron chi connectivity index (χ2n) is 6.84. The SMILES string of the molecule is CN=C(NCCN(C)CCOC)NCC1(C(=O)N(C)C)CCCC1.I.